The fourth-order valence-electron chi connectivity index (χ4n) is 1.24. The number of nitrogens with one attached hydrogen (secondary N) is 1. The second kappa shape index (κ2) is 6.89. The van der Waals surface area contributed by atoms with E-state index in [1.807, 2.05) is 6.07 Å². The van der Waals surface area contributed by atoms with Gasteiger partial charge in [-0.05, 0) is 24.3 Å². The largest absolute Gasteiger partial charge is 0.383 e. The number of alkyl halides is 1. The lowest BCUT2D eigenvalue weighted by Crippen LogP contribution is -2.31. The number of hydrogen-bond donors (Lipinski definition) is 1. The van der Waals surface area contributed by atoms with Crippen molar-refractivity contribution in [2.75, 3.05) is 20.3 Å². The average molecular weight is 253 g/mol. The molecular formula is C12H13ClN2O2. The zero-order chi connectivity index (χ0) is 12.7. The molecule has 0 fully saturated rings. The van der Waals surface area contributed by atoms with Crippen molar-refractivity contribution in [2.45, 2.75) is 5.38 Å². The molecule has 1 aromatic rings. The van der Waals surface area contributed by atoms with Crippen LogP contribution in [0.1, 0.15) is 15.9 Å². The zero-order valence-electron chi connectivity index (χ0n) is 9.44. The van der Waals surface area contributed by atoms with Gasteiger partial charge in [-0.25, -0.2) is 0 Å². The van der Waals surface area contributed by atoms with Crippen LogP contribution in [0.25, 0.3) is 0 Å². The lowest BCUT2D eigenvalue weighted by molar-refractivity contribution is 0.0949. The summed E-state index contributed by atoms with van der Waals surface area (Å²) in [6, 6.07) is 8.40. The van der Waals surface area contributed by atoms with E-state index in [2.05, 4.69) is 5.32 Å². The Morgan fingerprint density at radius 1 is 1.53 bits per heavy atom. The normalized spacial score (nSPS) is 11.6. The van der Waals surface area contributed by atoms with E-state index in [-0.39, 0.29) is 11.3 Å². The highest BCUT2D eigenvalue weighted by molar-refractivity contribution is 6.21. The maximum Gasteiger partial charge on any atom is 0.251 e. The lowest BCUT2D eigenvalue weighted by atomic mass is 10.1. The molecule has 0 spiro atoms. The van der Waals surface area contributed by atoms with Gasteiger partial charge in [-0.15, -0.1) is 11.6 Å². The number of carbonyl (C=O) groups excluding carboxylic acids is 1. The van der Waals surface area contributed by atoms with Crippen LogP contribution in [0.5, 0.6) is 0 Å². The van der Waals surface area contributed by atoms with Gasteiger partial charge >= 0.3 is 0 Å². The molecule has 90 valence electrons. The van der Waals surface area contributed by atoms with E-state index in [0.29, 0.717) is 24.3 Å². The molecule has 1 aromatic carbocycles. The van der Waals surface area contributed by atoms with Crippen molar-refractivity contribution in [1.29, 1.82) is 5.26 Å². The zero-order valence-corrected chi connectivity index (χ0v) is 10.2. The number of benzene rings is 1. The summed E-state index contributed by atoms with van der Waals surface area (Å²) in [5.41, 5.74) is 1.03. The van der Waals surface area contributed by atoms with Gasteiger partial charge < -0.3 is 10.1 Å². The number of nitriles is 1. The first-order valence-corrected chi connectivity index (χ1v) is 5.52. The summed E-state index contributed by atoms with van der Waals surface area (Å²) >= 11 is 5.88. The summed E-state index contributed by atoms with van der Waals surface area (Å²) in [7, 11) is 1.55. The molecule has 0 aliphatic heterocycles. The highest BCUT2D eigenvalue weighted by Crippen LogP contribution is 2.03. The van der Waals surface area contributed by atoms with E-state index in [4.69, 9.17) is 21.6 Å². The van der Waals surface area contributed by atoms with E-state index in [9.17, 15) is 4.79 Å². The van der Waals surface area contributed by atoms with Crippen LogP contribution in [0.3, 0.4) is 0 Å². The first kappa shape index (κ1) is 13.5. The summed E-state index contributed by atoms with van der Waals surface area (Å²) in [4.78, 5) is 11.7. The second-order valence-electron chi connectivity index (χ2n) is 3.45. The Morgan fingerprint density at radius 3 is 2.71 bits per heavy atom. The van der Waals surface area contributed by atoms with Gasteiger partial charge in [-0.3, -0.25) is 4.79 Å². The third-order valence-electron chi connectivity index (χ3n) is 2.11. The first-order valence-electron chi connectivity index (χ1n) is 5.08. The van der Waals surface area contributed by atoms with Crippen molar-refractivity contribution < 1.29 is 9.53 Å². The molecule has 5 heteroatoms. The average Bonchev–Trinajstić information content (AvgIpc) is 2.36. The monoisotopic (exact) mass is 252 g/mol. The molecule has 1 amide bonds. The van der Waals surface area contributed by atoms with Crippen molar-refractivity contribution in [3.05, 3.63) is 35.4 Å². The lowest BCUT2D eigenvalue weighted by Gasteiger charge is -2.09. The predicted molar refractivity (Wildman–Crippen MR) is 65.0 cm³/mol. The van der Waals surface area contributed by atoms with Crippen LogP contribution >= 0.6 is 11.6 Å². The minimum atomic E-state index is -0.248. The first-order chi connectivity index (χ1) is 8.17. The minimum absolute atomic E-state index is 0.212. The molecule has 1 unspecified atom stereocenters. The fourth-order valence-corrected chi connectivity index (χ4v) is 1.44. The SMILES string of the molecule is COCC(Cl)CNC(=O)c1ccc(C#N)cc1. The molecule has 17 heavy (non-hydrogen) atoms. The van der Waals surface area contributed by atoms with Gasteiger partial charge in [-0.2, -0.15) is 5.26 Å². The van der Waals surface area contributed by atoms with Crippen molar-refractivity contribution in [3.63, 3.8) is 0 Å². The molecular weight excluding hydrogens is 240 g/mol. The Kier molecular flexibility index (Phi) is 5.47. The highest BCUT2D eigenvalue weighted by atomic mass is 35.5. The molecule has 0 saturated carbocycles. The van der Waals surface area contributed by atoms with Crippen LogP contribution in [0, 0.1) is 11.3 Å². The molecule has 0 saturated heterocycles. The number of carbonyl (C=O) groups is 1. The Balaban J connectivity index is 2.50. The minimum Gasteiger partial charge on any atom is -0.383 e. The maximum atomic E-state index is 11.7. The molecule has 0 aliphatic rings. The van der Waals surface area contributed by atoms with Gasteiger partial charge in [0.25, 0.3) is 5.91 Å². The van der Waals surface area contributed by atoms with Crippen molar-refractivity contribution in [2.24, 2.45) is 0 Å². The topological polar surface area (TPSA) is 62.1 Å². The summed E-state index contributed by atoms with van der Waals surface area (Å²) in [6.45, 7) is 0.726. The number of hydrogen-bond acceptors (Lipinski definition) is 3. The molecule has 4 nitrogen and oxygen atoms in total. The summed E-state index contributed by atoms with van der Waals surface area (Å²) in [5, 5.41) is 11.1. The Labute approximate surface area is 105 Å². The van der Waals surface area contributed by atoms with Crippen molar-refractivity contribution >= 4 is 17.5 Å². The Bertz CT molecular complexity index is 412. The molecule has 0 radical (unpaired) electrons. The van der Waals surface area contributed by atoms with E-state index in [0.717, 1.165) is 0 Å². The van der Waals surface area contributed by atoms with E-state index >= 15 is 0 Å². The van der Waals surface area contributed by atoms with Crippen LogP contribution in [-0.4, -0.2) is 31.5 Å². The van der Waals surface area contributed by atoms with Crippen LogP contribution in [0.15, 0.2) is 24.3 Å². The van der Waals surface area contributed by atoms with Crippen LogP contribution in [0.4, 0.5) is 0 Å². The molecule has 0 aliphatic carbocycles. The molecule has 1 rings (SSSR count). The Morgan fingerprint density at radius 2 is 2.18 bits per heavy atom. The molecule has 0 aromatic heterocycles. The van der Waals surface area contributed by atoms with Crippen LogP contribution in [0.2, 0.25) is 0 Å². The van der Waals surface area contributed by atoms with Crippen molar-refractivity contribution in [1.82, 2.24) is 5.32 Å². The van der Waals surface area contributed by atoms with E-state index < -0.39 is 0 Å². The third kappa shape index (κ3) is 4.43. The van der Waals surface area contributed by atoms with Gasteiger partial charge in [0.1, 0.15) is 0 Å². The molecule has 1 N–H and O–H groups in total. The number of methoxy groups -OCH3 is 1. The number of nitrogens with zero attached hydrogens (tertiary/aromatic N) is 1. The van der Waals surface area contributed by atoms with E-state index in [1.165, 1.54) is 0 Å². The van der Waals surface area contributed by atoms with Gasteiger partial charge in [0, 0.05) is 19.2 Å². The summed E-state index contributed by atoms with van der Waals surface area (Å²) in [6.07, 6.45) is 0. The van der Waals surface area contributed by atoms with Crippen molar-refractivity contribution in [3.8, 4) is 6.07 Å². The summed E-state index contributed by atoms with van der Waals surface area (Å²) < 4.78 is 4.85. The van der Waals surface area contributed by atoms with Gasteiger partial charge in [0.05, 0.1) is 23.6 Å². The number of halogens is 1. The number of amides is 1. The van der Waals surface area contributed by atoms with Crippen LogP contribution in [-0.2, 0) is 4.74 Å². The Hall–Kier alpha value is -1.57. The third-order valence-corrected chi connectivity index (χ3v) is 2.39. The smallest absolute Gasteiger partial charge is 0.251 e. The van der Waals surface area contributed by atoms with Gasteiger partial charge in [0.2, 0.25) is 0 Å². The van der Waals surface area contributed by atoms with Gasteiger partial charge in [0.15, 0.2) is 0 Å². The van der Waals surface area contributed by atoms with Crippen LogP contribution < -0.4 is 5.32 Å². The summed E-state index contributed by atoms with van der Waals surface area (Å²) in [5.74, 6) is -0.212. The molecule has 0 bridgehead atoms. The second-order valence-corrected chi connectivity index (χ2v) is 4.07. The molecule has 1 atom stereocenters. The standard InChI is InChI=1S/C12H13ClN2O2/c1-17-8-11(13)7-15-12(16)10-4-2-9(6-14)3-5-10/h2-5,11H,7-8H2,1H3,(H,15,16). The maximum absolute atomic E-state index is 11.7. The predicted octanol–water partition coefficient (Wildman–Crippen LogP) is 1.54. The van der Waals surface area contributed by atoms with Gasteiger partial charge in [-0.1, -0.05) is 0 Å². The van der Waals surface area contributed by atoms with E-state index in [1.54, 1.807) is 31.4 Å². The number of ether oxygens (including phenoxy) is 1. The fraction of sp³-hybridized carbons (Fsp3) is 0.333. The number of rotatable bonds is 5. The molecule has 0 heterocycles. The highest BCUT2D eigenvalue weighted by Gasteiger charge is 2.08. The quantitative estimate of drug-likeness (QED) is 0.809.